The molecule has 0 saturated heterocycles. The topological polar surface area (TPSA) is 124 Å². The number of amides is 2. The van der Waals surface area contributed by atoms with E-state index < -0.39 is 24.5 Å². The summed E-state index contributed by atoms with van der Waals surface area (Å²) in [5, 5.41) is 22.5. The average Bonchev–Trinajstić information content (AvgIpc) is 3.30. The van der Waals surface area contributed by atoms with Gasteiger partial charge < -0.3 is 15.7 Å². The molecular formula is C24H20N4O4. The number of aromatic nitrogens is 2. The third kappa shape index (κ3) is 4.55. The second kappa shape index (κ2) is 9.23. The largest absolute Gasteiger partial charge is 0.394 e. The van der Waals surface area contributed by atoms with E-state index >= 15 is 0 Å². The van der Waals surface area contributed by atoms with Crippen molar-refractivity contribution in [1.29, 1.82) is 0 Å². The molecule has 0 spiro atoms. The number of anilines is 1. The summed E-state index contributed by atoms with van der Waals surface area (Å²) in [4.78, 5) is 37.9. The minimum Gasteiger partial charge on any atom is -0.394 e. The molecule has 160 valence electrons. The Morgan fingerprint density at radius 1 is 0.906 bits per heavy atom. The van der Waals surface area contributed by atoms with E-state index in [1.165, 1.54) is 12.1 Å². The van der Waals surface area contributed by atoms with Gasteiger partial charge in [-0.1, -0.05) is 42.5 Å². The highest BCUT2D eigenvalue weighted by molar-refractivity contribution is 6.10. The van der Waals surface area contributed by atoms with Crippen LogP contribution in [-0.4, -0.2) is 45.6 Å². The fourth-order valence-electron chi connectivity index (χ4n) is 3.24. The highest BCUT2D eigenvalue weighted by Crippen LogP contribution is 2.17. The monoisotopic (exact) mass is 428 g/mol. The van der Waals surface area contributed by atoms with Gasteiger partial charge in [0.05, 0.1) is 18.3 Å². The maximum atomic E-state index is 12.7. The molecular weight excluding hydrogens is 408 g/mol. The highest BCUT2D eigenvalue weighted by atomic mass is 16.3. The minimum atomic E-state index is -1.17. The SMILES string of the molecule is O=C(NC(CO)C(=O)Nc1ccc2cn[nH]c2c1)c1cccc(C(=O)c2ccccc2)c1. The number of nitrogens with zero attached hydrogens (tertiary/aromatic N) is 1. The molecule has 0 radical (unpaired) electrons. The van der Waals surface area contributed by atoms with Crippen LogP contribution in [0.3, 0.4) is 0 Å². The predicted octanol–water partition coefficient (Wildman–Crippen LogP) is 2.52. The van der Waals surface area contributed by atoms with Gasteiger partial charge in [-0.05, 0) is 30.3 Å². The number of fused-ring (bicyclic) bond motifs is 1. The van der Waals surface area contributed by atoms with Gasteiger partial charge in [0.25, 0.3) is 5.91 Å². The number of aromatic amines is 1. The lowest BCUT2D eigenvalue weighted by atomic mass is 10.0. The van der Waals surface area contributed by atoms with E-state index in [2.05, 4.69) is 20.8 Å². The number of aliphatic hydroxyl groups excluding tert-OH is 1. The van der Waals surface area contributed by atoms with Gasteiger partial charge in [0.2, 0.25) is 5.91 Å². The molecule has 8 nitrogen and oxygen atoms in total. The number of ketones is 1. The van der Waals surface area contributed by atoms with E-state index in [4.69, 9.17) is 0 Å². The number of hydrogen-bond donors (Lipinski definition) is 4. The summed E-state index contributed by atoms with van der Waals surface area (Å²) in [6, 6.07) is 19.0. The van der Waals surface area contributed by atoms with E-state index in [1.54, 1.807) is 60.8 Å². The van der Waals surface area contributed by atoms with Crippen LogP contribution < -0.4 is 10.6 Å². The Morgan fingerprint density at radius 3 is 2.44 bits per heavy atom. The van der Waals surface area contributed by atoms with Crippen molar-refractivity contribution in [3.05, 3.63) is 95.7 Å². The standard InChI is InChI=1S/C24H20N4O4/c29-14-21(24(32)26-19-10-9-18-13-25-28-20(18)12-19)27-23(31)17-8-4-7-16(11-17)22(30)15-5-2-1-3-6-15/h1-13,21,29H,14H2,(H,25,28)(H,26,32)(H,27,31). The third-order valence-corrected chi connectivity index (χ3v) is 4.94. The molecule has 0 saturated carbocycles. The Labute approximate surface area is 183 Å². The zero-order valence-corrected chi connectivity index (χ0v) is 16.9. The summed E-state index contributed by atoms with van der Waals surface area (Å²) >= 11 is 0. The number of carbonyl (C=O) groups excluding carboxylic acids is 3. The number of benzene rings is 3. The number of aliphatic hydroxyl groups is 1. The molecule has 0 aliphatic rings. The number of rotatable bonds is 7. The molecule has 4 N–H and O–H groups in total. The lowest BCUT2D eigenvalue weighted by molar-refractivity contribution is -0.118. The van der Waals surface area contributed by atoms with E-state index in [-0.39, 0.29) is 11.3 Å². The molecule has 1 heterocycles. The summed E-state index contributed by atoms with van der Waals surface area (Å²) in [5.74, 6) is -1.37. The highest BCUT2D eigenvalue weighted by Gasteiger charge is 2.21. The molecule has 1 atom stereocenters. The minimum absolute atomic E-state index is 0.205. The quantitative estimate of drug-likeness (QED) is 0.337. The summed E-state index contributed by atoms with van der Waals surface area (Å²) in [6.45, 7) is -0.591. The van der Waals surface area contributed by atoms with Gasteiger partial charge in [-0.15, -0.1) is 0 Å². The summed E-state index contributed by atoms with van der Waals surface area (Å²) in [5.41, 5.74) is 2.30. The summed E-state index contributed by atoms with van der Waals surface area (Å²) < 4.78 is 0. The van der Waals surface area contributed by atoms with Crippen LogP contribution in [0.25, 0.3) is 10.9 Å². The lowest BCUT2D eigenvalue weighted by Crippen LogP contribution is -2.46. The van der Waals surface area contributed by atoms with E-state index in [9.17, 15) is 19.5 Å². The van der Waals surface area contributed by atoms with Crippen LogP contribution in [0.4, 0.5) is 5.69 Å². The first-order valence-corrected chi connectivity index (χ1v) is 9.90. The Balaban J connectivity index is 1.45. The zero-order valence-electron chi connectivity index (χ0n) is 16.9. The number of carbonyl (C=O) groups is 3. The molecule has 4 rings (SSSR count). The Morgan fingerprint density at radius 2 is 1.66 bits per heavy atom. The summed E-state index contributed by atoms with van der Waals surface area (Å²) in [7, 11) is 0. The molecule has 8 heteroatoms. The van der Waals surface area contributed by atoms with Crippen molar-refractivity contribution in [3.63, 3.8) is 0 Å². The zero-order chi connectivity index (χ0) is 22.5. The van der Waals surface area contributed by atoms with Crippen molar-refractivity contribution in [2.45, 2.75) is 6.04 Å². The van der Waals surface area contributed by atoms with Gasteiger partial charge >= 0.3 is 0 Å². The normalized spacial score (nSPS) is 11.7. The molecule has 0 aliphatic carbocycles. The van der Waals surface area contributed by atoms with E-state index in [1.807, 2.05) is 6.07 Å². The van der Waals surface area contributed by atoms with Crippen molar-refractivity contribution < 1.29 is 19.5 Å². The fraction of sp³-hybridized carbons (Fsp3) is 0.0833. The first-order chi connectivity index (χ1) is 15.5. The van der Waals surface area contributed by atoms with Crippen LogP contribution in [0, 0.1) is 0 Å². The smallest absolute Gasteiger partial charge is 0.252 e. The summed E-state index contributed by atoms with van der Waals surface area (Å²) in [6.07, 6.45) is 1.66. The van der Waals surface area contributed by atoms with E-state index in [0.29, 0.717) is 16.8 Å². The van der Waals surface area contributed by atoms with Crippen LogP contribution in [0.1, 0.15) is 26.3 Å². The number of nitrogens with one attached hydrogen (secondary N) is 3. The fourth-order valence-corrected chi connectivity index (χ4v) is 3.24. The third-order valence-electron chi connectivity index (χ3n) is 4.94. The molecule has 0 aliphatic heterocycles. The van der Waals surface area contributed by atoms with E-state index in [0.717, 1.165) is 10.9 Å². The molecule has 1 aromatic heterocycles. The maximum absolute atomic E-state index is 12.7. The van der Waals surface area contributed by atoms with Gasteiger partial charge in [-0.2, -0.15) is 5.10 Å². The van der Waals surface area contributed by atoms with Crippen LogP contribution in [0.5, 0.6) is 0 Å². The van der Waals surface area contributed by atoms with Crippen molar-refractivity contribution in [3.8, 4) is 0 Å². The Hall–Kier alpha value is -4.30. The van der Waals surface area contributed by atoms with Gasteiger partial charge in [0.15, 0.2) is 5.78 Å². The van der Waals surface area contributed by atoms with Crippen LogP contribution in [0.15, 0.2) is 79.0 Å². The Bertz CT molecular complexity index is 1280. The van der Waals surface area contributed by atoms with Crippen molar-refractivity contribution >= 4 is 34.2 Å². The molecule has 3 aromatic carbocycles. The molecule has 32 heavy (non-hydrogen) atoms. The molecule has 0 fully saturated rings. The van der Waals surface area contributed by atoms with Gasteiger partial charge in [-0.25, -0.2) is 0 Å². The number of H-pyrrole nitrogens is 1. The molecule has 4 aromatic rings. The molecule has 1 unspecified atom stereocenters. The second-order valence-corrected chi connectivity index (χ2v) is 7.15. The van der Waals surface area contributed by atoms with Crippen LogP contribution in [0.2, 0.25) is 0 Å². The van der Waals surface area contributed by atoms with Crippen LogP contribution in [-0.2, 0) is 4.79 Å². The van der Waals surface area contributed by atoms with Crippen molar-refractivity contribution in [2.24, 2.45) is 0 Å². The Kier molecular flexibility index (Phi) is 6.05. The maximum Gasteiger partial charge on any atom is 0.252 e. The number of hydrogen-bond acceptors (Lipinski definition) is 5. The molecule has 2 amide bonds. The first kappa shape index (κ1) is 21.0. The first-order valence-electron chi connectivity index (χ1n) is 9.90. The van der Waals surface area contributed by atoms with Crippen molar-refractivity contribution in [1.82, 2.24) is 15.5 Å². The van der Waals surface area contributed by atoms with Gasteiger partial charge in [-0.3, -0.25) is 19.5 Å². The average molecular weight is 428 g/mol. The van der Waals surface area contributed by atoms with Gasteiger partial charge in [0, 0.05) is 27.8 Å². The van der Waals surface area contributed by atoms with Crippen LogP contribution >= 0.6 is 0 Å². The lowest BCUT2D eigenvalue weighted by Gasteiger charge is -2.16. The second-order valence-electron chi connectivity index (χ2n) is 7.15. The predicted molar refractivity (Wildman–Crippen MR) is 119 cm³/mol. The van der Waals surface area contributed by atoms with Crippen molar-refractivity contribution in [2.75, 3.05) is 11.9 Å². The van der Waals surface area contributed by atoms with Gasteiger partial charge in [0.1, 0.15) is 6.04 Å². The molecule has 0 bridgehead atoms.